The fourth-order valence-corrected chi connectivity index (χ4v) is 5.10. The van der Waals surface area contributed by atoms with Crippen LogP contribution in [0.2, 0.25) is 0 Å². The van der Waals surface area contributed by atoms with Gasteiger partial charge in [0.15, 0.2) is 0 Å². The van der Waals surface area contributed by atoms with Crippen molar-refractivity contribution in [3.63, 3.8) is 0 Å². The van der Waals surface area contributed by atoms with Crippen LogP contribution in [0.1, 0.15) is 12.5 Å². The molecule has 1 aliphatic rings. The lowest BCUT2D eigenvalue weighted by Gasteiger charge is -2.31. The maximum atomic E-state index is 12.1. The van der Waals surface area contributed by atoms with E-state index in [0.29, 0.717) is 11.7 Å². The molecule has 1 aromatic rings. The Bertz CT molecular complexity index is 451. The first kappa shape index (κ1) is 16.8. The second kappa shape index (κ2) is 7.15. The minimum atomic E-state index is -4.67. The van der Waals surface area contributed by atoms with Crippen LogP contribution in [-0.4, -0.2) is 39.6 Å². The van der Waals surface area contributed by atoms with Crippen LogP contribution in [-0.2, 0) is 6.42 Å². The van der Waals surface area contributed by atoms with Crippen LogP contribution in [0.3, 0.4) is 0 Å². The van der Waals surface area contributed by atoms with Gasteiger partial charge in [0.25, 0.3) is 0 Å². The first-order valence-electron chi connectivity index (χ1n) is 6.61. The molecule has 1 N–H and O–H groups in total. The molecule has 3 unspecified atom stereocenters. The summed E-state index contributed by atoms with van der Waals surface area (Å²) in [6, 6.07) is 5.69. The molecule has 2 nitrogen and oxygen atoms in total. The molecule has 7 heteroatoms. The zero-order valence-electron chi connectivity index (χ0n) is 11.5. The van der Waals surface area contributed by atoms with E-state index in [4.69, 9.17) is 0 Å². The number of halogens is 3. The summed E-state index contributed by atoms with van der Waals surface area (Å²) < 4.78 is 40.0. The van der Waals surface area contributed by atoms with E-state index in [-0.39, 0.29) is 11.0 Å². The van der Waals surface area contributed by atoms with Crippen LogP contribution in [0.4, 0.5) is 13.2 Å². The number of hydrogen-bond donors (Lipinski definition) is 1. The fourth-order valence-electron chi connectivity index (χ4n) is 2.26. The summed E-state index contributed by atoms with van der Waals surface area (Å²) >= 11 is 3.61. The topological polar surface area (TPSA) is 29.5 Å². The quantitative estimate of drug-likeness (QED) is 0.906. The SMILES string of the molecule is CC1SCCSC1C(O)Cc1ccc(OC(F)(F)F)cc1. The average Bonchev–Trinajstić information content (AvgIpc) is 2.40. The molecule has 1 fully saturated rings. The summed E-state index contributed by atoms with van der Waals surface area (Å²) in [7, 11) is 0. The lowest BCUT2D eigenvalue weighted by Crippen LogP contribution is -2.36. The van der Waals surface area contributed by atoms with Crippen molar-refractivity contribution in [2.45, 2.75) is 36.3 Å². The molecule has 1 saturated heterocycles. The molecule has 1 heterocycles. The number of ether oxygens (including phenoxy) is 1. The Hall–Kier alpha value is -0.530. The highest BCUT2D eigenvalue weighted by molar-refractivity contribution is 8.07. The van der Waals surface area contributed by atoms with E-state index in [2.05, 4.69) is 11.7 Å². The van der Waals surface area contributed by atoms with E-state index in [0.717, 1.165) is 17.1 Å². The largest absolute Gasteiger partial charge is 0.573 e. The predicted octanol–water partition coefficient (Wildman–Crippen LogP) is 3.73. The molecular formula is C14H17F3O2S2. The van der Waals surface area contributed by atoms with Crippen molar-refractivity contribution in [2.75, 3.05) is 11.5 Å². The van der Waals surface area contributed by atoms with Gasteiger partial charge in [0.05, 0.1) is 6.10 Å². The van der Waals surface area contributed by atoms with Crippen molar-refractivity contribution in [1.82, 2.24) is 0 Å². The summed E-state index contributed by atoms with van der Waals surface area (Å²) in [5.41, 5.74) is 0.806. The first-order valence-corrected chi connectivity index (χ1v) is 8.71. The molecule has 0 aromatic heterocycles. The summed E-state index contributed by atoms with van der Waals surface area (Å²) in [5.74, 6) is 1.88. The third kappa shape index (κ3) is 5.30. The first-order chi connectivity index (χ1) is 9.85. The van der Waals surface area contributed by atoms with E-state index in [1.165, 1.54) is 12.1 Å². The number of hydrogen-bond acceptors (Lipinski definition) is 4. The molecule has 1 aliphatic heterocycles. The normalized spacial score (nSPS) is 24.6. The molecule has 3 atom stereocenters. The predicted molar refractivity (Wildman–Crippen MR) is 81.0 cm³/mol. The maximum Gasteiger partial charge on any atom is 0.573 e. The Labute approximate surface area is 130 Å². The highest BCUT2D eigenvalue weighted by Crippen LogP contribution is 2.34. The summed E-state index contributed by atoms with van der Waals surface area (Å²) in [6.07, 6.45) is -4.73. The van der Waals surface area contributed by atoms with Gasteiger partial charge in [-0.05, 0) is 24.1 Å². The fraction of sp³-hybridized carbons (Fsp3) is 0.571. The van der Waals surface area contributed by atoms with Crippen molar-refractivity contribution < 1.29 is 23.0 Å². The number of aliphatic hydroxyl groups is 1. The van der Waals surface area contributed by atoms with Crippen molar-refractivity contribution in [1.29, 1.82) is 0 Å². The van der Waals surface area contributed by atoms with Gasteiger partial charge in [-0.15, -0.1) is 13.2 Å². The van der Waals surface area contributed by atoms with Crippen molar-refractivity contribution in [3.8, 4) is 5.75 Å². The number of rotatable bonds is 4. The summed E-state index contributed by atoms with van der Waals surface area (Å²) in [4.78, 5) is 0. The lowest BCUT2D eigenvalue weighted by molar-refractivity contribution is -0.274. The van der Waals surface area contributed by atoms with E-state index < -0.39 is 12.5 Å². The van der Waals surface area contributed by atoms with Gasteiger partial charge in [-0.25, -0.2) is 0 Å². The Morgan fingerprint density at radius 1 is 1.24 bits per heavy atom. The summed E-state index contributed by atoms with van der Waals surface area (Å²) in [6.45, 7) is 2.10. The molecule has 118 valence electrons. The van der Waals surface area contributed by atoms with Crippen LogP contribution >= 0.6 is 23.5 Å². The molecule has 0 saturated carbocycles. The smallest absolute Gasteiger partial charge is 0.406 e. The Morgan fingerprint density at radius 2 is 1.86 bits per heavy atom. The van der Waals surface area contributed by atoms with Gasteiger partial charge < -0.3 is 9.84 Å². The molecule has 0 spiro atoms. The van der Waals surface area contributed by atoms with Crippen LogP contribution in [0.15, 0.2) is 24.3 Å². The Morgan fingerprint density at radius 3 is 2.43 bits per heavy atom. The number of alkyl halides is 3. The highest BCUT2D eigenvalue weighted by Gasteiger charge is 2.31. The monoisotopic (exact) mass is 338 g/mol. The zero-order chi connectivity index (χ0) is 15.5. The Kier molecular flexibility index (Phi) is 5.73. The van der Waals surface area contributed by atoms with Gasteiger partial charge in [0.2, 0.25) is 0 Å². The molecule has 2 rings (SSSR count). The van der Waals surface area contributed by atoms with Crippen LogP contribution in [0.5, 0.6) is 5.75 Å². The lowest BCUT2D eigenvalue weighted by atomic mass is 10.0. The standard InChI is InChI=1S/C14H17F3O2S2/c1-9-13(21-7-6-20-9)12(18)8-10-2-4-11(5-3-10)19-14(15,16)17/h2-5,9,12-13,18H,6-8H2,1H3. The van der Waals surface area contributed by atoms with Crippen LogP contribution in [0, 0.1) is 0 Å². The van der Waals surface area contributed by atoms with Crippen LogP contribution < -0.4 is 4.74 Å². The maximum absolute atomic E-state index is 12.1. The highest BCUT2D eigenvalue weighted by atomic mass is 32.2. The molecular weight excluding hydrogens is 321 g/mol. The molecule has 0 radical (unpaired) electrons. The molecule has 0 amide bonds. The van der Waals surface area contributed by atoms with Gasteiger partial charge in [0.1, 0.15) is 5.75 Å². The van der Waals surface area contributed by atoms with E-state index in [1.54, 1.807) is 23.9 Å². The van der Waals surface area contributed by atoms with E-state index in [9.17, 15) is 18.3 Å². The zero-order valence-corrected chi connectivity index (χ0v) is 13.1. The minimum absolute atomic E-state index is 0.162. The number of benzene rings is 1. The van der Waals surface area contributed by atoms with Crippen LogP contribution in [0.25, 0.3) is 0 Å². The second-order valence-electron chi connectivity index (χ2n) is 4.87. The molecule has 21 heavy (non-hydrogen) atoms. The van der Waals surface area contributed by atoms with Gasteiger partial charge >= 0.3 is 6.36 Å². The van der Waals surface area contributed by atoms with Gasteiger partial charge in [-0.2, -0.15) is 23.5 Å². The van der Waals surface area contributed by atoms with E-state index >= 15 is 0 Å². The average molecular weight is 338 g/mol. The number of aliphatic hydroxyl groups excluding tert-OH is 1. The second-order valence-corrected chi connectivity index (χ2v) is 7.65. The molecule has 0 bridgehead atoms. The third-order valence-corrected chi connectivity index (χ3v) is 6.45. The number of thioether (sulfide) groups is 2. The molecule has 0 aliphatic carbocycles. The minimum Gasteiger partial charge on any atom is -0.406 e. The Balaban J connectivity index is 1.93. The van der Waals surface area contributed by atoms with E-state index in [1.807, 2.05) is 11.8 Å². The third-order valence-electron chi connectivity index (χ3n) is 3.22. The van der Waals surface area contributed by atoms with Gasteiger partial charge in [-0.3, -0.25) is 0 Å². The van der Waals surface area contributed by atoms with Crippen molar-refractivity contribution in [3.05, 3.63) is 29.8 Å². The molecule has 1 aromatic carbocycles. The van der Waals surface area contributed by atoms with Crippen molar-refractivity contribution in [2.24, 2.45) is 0 Å². The van der Waals surface area contributed by atoms with Gasteiger partial charge in [0, 0.05) is 22.0 Å². The summed E-state index contributed by atoms with van der Waals surface area (Å²) in [5, 5.41) is 10.9. The van der Waals surface area contributed by atoms with Crippen molar-refractivity contribution >= 4 is 23.5 Å². The van der Waals surface area contributed by atoms with Gasteiger partial charge in [-0.1, -0.05) is 19.1 Å².